The Kier molecular flexibility index (Phi) is 27.0. The van der Waals surface area contributed by atoms with E-state index >= 15 is 0 Å². The number of rotatable bonds is 27. The summed E-state index contributed by atoms with van der Waals surface area (Å²) in [7, 11) is -4.73. The molecular weight excluding hydrogens is 613 g/mol. The highest BCUT2D eigenvalue weighted by molar-refractivity contribution is 7.47. The highest BCUT2D eigenvalue weighted by atomic mass is 31.2. The van der Waals surface area contributed by atoms with Crippen LogP contribution in [-0.2, 0) is 37.5 Å². The Bertz CT molecular complexity index is 1110. The van der Waals surface area contributed by atoms with Gasteiger partial charge in [-0.3, -0.25) is 23.4 Å². The smallest absolute Gasteiger partial charge is 0.472 e. The third kappa shape index (κ3) is 28.2. The third-order valence-electron chi connectivity index (χ3n) is 5.77. The van der Waals surface area contributed by atoms with E-state index in [1.807, 2.05) is 54.7 Å². The Morgan fingerprint density at radius 3 is 1.91 bits per heavy atom. The zero-order chi connectivity index (χ0) is 34.3. The van der Waals surface area contributed by atoms with Crippen LogP contribution >= 0.6 is 7.82 Å². The van der Waals surface area contributed by atoms with Gasteiger partial charge in [0.15, 0.2) is 6.10 Å². The van der Waals surface area contributed by atoms with Gasteiger partial charge < -0.3 is 25.2 Å². The average molecular weight is 666 g/mol. The summed E-state index contributed by atoms with van der Waals surface area (Å²) in [4.78, 5) is 45.4. The van der Waals surface area contributed by atoms with E-state index in [4.69, 9.17) is 24.8 Å². The standard InChI is InChI=1S/C34H52NO10P/c1-3-5-7-9-11-13-14-15-16-18-20-22-24-26-33(37)45-30(28-43-46(40,41)44-29-31(35)34(38)39)27-42-32(36)25-23-21-19-17-12-10-8-6-4-2/h5-9,11-18,20,30-31H,3-4,10,19,21-29,35H2,1-2H3,(H,38,39)(H,40,41)/b7-5+,8-6+,11-9+,14-13+,16-15+,17-12+,20-18+/t30?,31-/m0/s1. The molecular formula is C34H52NO10P. The lowest BCUT2D eigenvalue weighted by molar-refractivity contribution is -0.161. The van der Waals surface area contributed by atoms with E-state index in [0.29, 0.717) is 19.3 Å². The van der Waals surface area contributed by atoms with Gasteiger partial charge in [-0.25, -0.2) is 4.57 Å². The highest BCUT2D eigenvalue weighted by Gasteiger charge is 2.28. The number of esters is 2. The van der Waals surface area contributed by atoms with Crippen LogP contribution in [0.25, 0.3) is 0 Å². The molecule has 3 atom stereocenters. The quantitative estimate of drug-likeness (QED) is 0.0276. The second-order valence-electron chi connectivity index (χ2n) is 9.94. The minimum absolute atomic E-state index is 0.0526. The largest absolute Gasteiger partial charge is 0.480 e. The number of carbonyl (C=O) groups excluding carboxylic acids is 2. The maximum atomic E-state index is 12.4. The summed E-state index contributed by atoms with van der Waals surface area (Å²) in [6.07, 6.45) is 32.8. The van der Waals surface area contributed by atoms with E-state index in [2.05, 4.69) is 48.8 Å². The maximum absolute atomic E-state index is 12.4. The van der Waals surface area contributed by atoms with Crippen LogP contribution in [0.5, 0.6) is 0 Å². The molecule has 0 bridgehead atoms. The Balaban J connectivity index is 4.76. The molecule has 0 amide bonds. The first-order valence-electron chi connectivity index (χ1n) is 15.7. The lowest BCUT2D eigenvalue weighted by Crippen LogP contribution is -2.34. The molecule has 12 heteroatoms. The Morgan fingerprint density at radius 2 is 1.26 bits per heavy atom. The number of aliphatic carboxylic acids is 1. The van der Waals surface area contributed by atoms with Crippen molar-refractivity contribution in [2.75, 3.05) is 19.8 Å². The molecule has 0 aromatic heterocycles. The van der Waals surface area contributed by atoms with Gasteiger partial charge >= 0.3 is 25.7 Å². The minimum Gasteiger partial charge on any atom is -0.480 e. The lowest BCUT2D eigenvalue weighted by atomic mass is 10.2. The molecule has 0 aliphatic heterocycles. The first-order valence-corrected chi connectivity index (χ1v) is 17.2. The van der Waals surface area contributed by atoms with Crippen LogP contribution < -0.4 is 5.73 Å². The molecule has 2 unspecified atom stereocenters. The molecule has 0 aliphatic carbocycles. The van der Waals surface area contributed by atoms with Crippen LogP contribution in [0.1, 0.15) is 78.1 Å². The van der Waals surface area contributed by atoms with Gasteiger partial charge in [0.1, 0.15) is 12.6 Å². The molecule has 258 valence electrons. The molecule has 11 nitrogen and oxygen atoms in total. The van der Waals surface area contributed by atoms with Gasteiger partial charge in [-0.2, -0.15) is 0 Å². The molecule has 0 radical (unpaired) electrons. The van der Waals surface area contributed by atoms with Crippen molar-refractivity contribution in [3.8, 4) is 0 Å². The summed E-state index contributed by atoms with van der Waals surface area (Å²) < 4.78 is 32.2. The molecule has 0 spiro atoms. The summed E-state index contributed by atoms with van der Waals surface area (Å²) in [5.74, 6) is -2.54. The summed E-state index contributed by atoms with van der Waals surface area (Å²) >= 11 is 0. The Hall–Kier alpha value is -3.34. The summed E-state index contributed by atoms with van der Waals surface area (Å²) in [6.45, 7) is 2.34. The van der Waals surface area contributed by atoms with Crippen molar-refractivity contribution < 1.29 is 47.5 Å². The number of allylic oxidation sites excluding steroid dienone is 14. The first kappa shape index (κ1) is 42.7. The maximum Gasteiger partial charge on any atom is 0.472 e. The van der Waals surface area contributed by atoms with Crippen LogP contribution in [0.2, 0.25) is 0 Å². The molecule has 46 heavy (non-hydrogen) atoms. The van der Waals surface area contributed by atoms with E-state index in [9.17, 15) is 23.8 Å². The van der Waals surface area contributed by atoms with Gasteiger partial charge in [0.25, 0.3) is 0 Å². The number of carbonyl (C=O) groups is 3. The Labute approximate surface area is 273 Å². The number of hydrogen-bond acceptors (Lipinski definition) is 9. The normalized spacial score (nSPS) is 15.2. The molecule has 0 saturated carbocycles. The molecule has 0 aliphatic rings. The number of unbranched alkanes of at least 4 members (excludes halogenated alkanes) is 3. The second-order valence-corrected chi connectivity index (χ2v) is 11.4. The lowest BCUT2D eigenvalue weighted by Gasteiger charge is -2.20. The van der Waals surface area contributed by atoms with Gasteiger partial charge in [-0.1, -0.05) is 98.9 Å². The molecule has 0 rings (SSSR count). The number of nitrogens with two attached hydrogens (primary N) is 1. The SMILES string of the molecule is CC/C=C/C=C/C=C/C=C/C=C/CCCC(=O)OC(COC(=O)CCCC/C=C/C/C=C/CC)COP(=O)(O)OC[C@H](N)C(=O)O. The van der Waals surface area contributed by atoms with Crippen LogP contribution in [-0.4, -0.2) is 59.9 Å². The van der Waals surface area contributed by atoms with Gasteiger partial charge in [0, 0.05) is 12.8 Å². The monoisotopic (exact) mass is 665 g/mol. The summed E-state index contributed by atoms with van der Waals surface area (Å²) in [5, 5.41) is 8.81. The van der Waals surface area contributed by atoms with Crippen molar-refractivity contribution >= 4 is 25.7 Å². The van der Waals surface area contributed by atoms with E-state index in [-0.39, 0.29) is 12.8 Å². The highest BCUT2D eigenvalue weighted by Crippen LogP contribution is 2.43. The van der Waals surface area contributed by atoms with Crippen LogP contribution in [0.3, 0.4) is 0 Å². The third-order valence-corrected chi connectivity index (χ3v) is 6.72. The minimum atomic E-state index is -4.73. The fraction of sp³-hybridized carbons (Fsp3) is 0.500. The molecule has 0 aromatic rings. The van der Waals surface area contributed by atoms with Crippen molar-refractivity contribution in [1.29, 1.82) is 0 Å². The zero-order valence-corrected chi connectivity index (χ0v) is 28.0. The van der Waals surface area contributed by atoms with Gasteiger partial charge in [-0.15, -0.1) is 0 Å². The van der Waals surface area contributed by atoms with Crippen LogP contribution in [0.4, 0.5) is 0 Å². The summed E-state index contributed by atoms with van der Waals surface area (Å²) in [5.41, 5.74) is 5.28. The average Bonchev–Trinajstić information content (AvgIpc) is 3.02. The van der Waals surface area contributed by atoms with Gasteiger partial charge in [-0.05, 0) is 51.4 Å². The van der Waals surface area contributed by atoms with Crippen molar-refractivity contribution in [1.82, 2.24) is 0 Å². The van der Waals surface area contributed by atoms with Crippen molar-refractivity contribution in [2.24, 2.45) is 5.73 Å². The Morgan fingerprint density at radius 1 is 0.696 bits per heavy atom. The van der Waals surface area contributed by atoms with E-state index in [1.54, 1.807) is 0 Å². The fourth-order valence-corrected chi connectivity index (χ4v) is 4.08. The molecule has 0 heterocycles. The van der Waals surface area contributed by atoms with Gasteiger partial charge in [0.05, 0.1) is 13.2 Å². The van der Waals surface area contributed by atoms with E-state index in [1.165, 1.54) is 0 Å². The van der Waals surface area contributed by atoms with Crippen LogP contribution in [0, 0.1) is 0 Å². The number of phosphoric acid groups is 1. The van der Waals surface area contributed by atoms with Gasteiger partial charge in [0.2, 0.25) is 0 Å². The van der Waals surface area contributed by atoms with E-state index in [0.717, 1.165) is 32.1 Å². The molecule has 0 aromatic carbocycles. The number of hydrogen-bond donors (Lipinski definition) is 3. The number of ether oxygens (including phenoxy) is 2. The van der Waals surface area contributed by atoms with E-state index < -0.39 is 57.7 Å². The van der Waals surface area contributed by atoms with Crippen molar-refractivity contribution in [2.45, 2.75) is 90.2 Å². The van der Waals surface area contributed by atoms with Crippen molar-refractivity contribution in [3.05, 3.63) is 85.1 Å². The fourth-order valence-electron chi connectivity index (χ4n) is 3.31. The number of phosphoric ester groups is 1. The second kappa shape index (κ2) is 29.1. The predicted molar refractivity (Wildman–Crippen MR) is 180 cm³/mol. The number of carboxylic acids is 1. The number of carboxylic acid groups (broad SMARTS) is 1. The van der Waals surface area contributed by atoms with Crippen molar-refractivity contribution in [3.63, 3.8) is 0 Å². The molecule has 0 saturated heterocycles. The van der Waals surface area contributed by atoms with Crippen LogP contribution in [0.15, 0.2) is 85.1 Å². The topological polar surface area (TPSA) is 172 Å². The summed E-state index contributed by atoms with van der Waals surface area (Å²) in [6, 6.07) is -1.54. The first-order chi connectivity index (χ1) is 22.1. The zero-order valence-electron chi connectivity index (χ0n) is 27.1. The predicted octanol–water partition coefficient (Wildman–Crippen LogP) is 6.82. The molecule has 0 fully saturated rings. The molecule has 4 N–H and O–H groups in total.